The standard InChI is InChI=1S/C19H35N/c1-16(2)10-7-11-17(3)12-8-13-18(4)14-9-15-19(5,6)20/h10,12,14H,7-9,11,13,15,20H2,1-6H3. The summed E-state index contributed by atoms with van der Waals surface area (Å²) < 4.78 is 0. The van der Waals surface area contributed by atoms with Crippen LogP contribution in [0.4, 0.5) is 0 Å². The number of rotatable bonds is 9. The van der Waals surface area contributed by atoms with Gasteiger partial charge in [0, 0.05) is 5.54 Å². The minimum Gasteiger partial charge on any atom is -0.326 e. The zero-order chi connectivity index (χ0) is 15.6. The lowest BCUT2D eigenvalue weighted by molar-refractivity contribution is 0.480. The van der Waals surface area contributed by atoms with Crippen molar-refractivity contribution in [3.63, 3.8) is 0 Å². The Kier molecular flexibility index (Phi) is 9.58. The summed E-state index contributed by atoms with van der Waals surface area (Å²) in [6.07, 6.45) is 13.9. The average Bonchev–Trinajstić information content (AvgIpc) is 2.26. The fourth-order valence-electron chi connectivity index (χ4n) is 2.03. The Hall–Kier alpha value is -0.820. The van der Waals surface area contributed by atoms with Crippen molar-refractivity contribution in [2.75, 3.05) is 0 Å². The van der Waals surface area contributed by atoms with Crippen LogP contribution in [0.3, 0.4) is 0 Å². The topological polar surface area (TPSA) is 26.0 Å². The Bertz CT molecular complexity index is 346. The van der Waals surface area contributed by atoms with Gasteiger partial charge in [0.15, 0.2) is 0 Å². The smallest absolute Gasteiger partial charge is 0.01000 e. The van der Waals surface area contributed by atoms with Crippen molar-refractivity contribution in [1.82, 2.24) is 0 Å². The average molecular weight is 277 g/mol. The maximum Gasteiger partial charge on any atom is 0.01000 e. The summed E-state index contributed by atoms with van der Waals surface area (Å²) in [5.41, 5.74) is 10.4. The molecule has 0 aromatic heterocycles. The SMILES string of the molecule is CC(C)=CCCC(C)=CCCC(C)=CCCC(C)(C)N. The Morgan fingerprint density at radius 1 is 0.800 bits per heavy atom. The highest BCUT2D eigenvalue weighted by Crippen LogP contribution is 2.14. The van der Waals surface area contributed by atoms with E-state index in [1.807, 2.05) is 0 Å². The van der Waals surface area contributed by atoms with E-state index in [4.69, 9.17) is 5.73 Å². The molecule has 20 heavy (non-hydrogen) atoms. The molecule has 0 saturated heterocycles. The first kappa shape index (κ1) is 19.2. The second-order valence-corrected chi connectivity index (χ2v) is 6.99. The van der Waals surface area contributed by atoms with Crippen LogP contribution in [0.25, 0.3) is 0 Å². The van der Waals surface area contributed by atoms with Crippen LogP contribution in [0.15, 0.2) is 34.9 Å². The number of hydrogen-bond donors (Lipinski definition) is 1. The van der Waals surface area contributed by atoms with Gasteiger partial charge in [-0.3, -0.25) is 0 Å². The molecule has 0 rings (SSSR count). The third-order valence-corrected chi connectivity index (χ3v) is 3.40. The van der Waals surface area contributed by atoms with E-state index in [1.165, 1.54) is 36.0 Å². The second-order valence-electron chi connectivity index (χ2n) is 6.99. The van der Waals surface area contributed by atoms with E-state index in [9.17, 15) is 0 Å². The summed E-state index contributed by atoms with van der Waals surface area (Å²) in [5.74, 6) is 0. The molecule has 0 aliphatic rings. The van der Waals surface area contributed by atoms with Crippen molar-refractivity contribution in [3.05, 3.63) is 34.9 Å². The molecule has 0 amide bonds. The molecule has 116 valence electrons. The third kappa shape index (κ3) is 13.6. The summed E-state index contributed by atoms with van der Waals surface area (Å²) >= 11 is 0. The summed E-state index contributed by atoms with van der Waals surface area (Å²) in [5, 5.41) is 0. The van der Waals surface area contributed by atoms with Gasteiger partial charge in [-0.05, 0) is 80.1 Å². The molecule has 2 N–H and O–H groups in total. The van der Waals surface area contributed by atoms with Crippen molar-refractivity contribution < 1.29 is 0 Å². The molecule has 1 heteroatoms. The predicted molar refractivity (Wildman–Crippen MR) is 92.9 cm³/mol. The zero-order valence-electron chi connectivity index (χ0n) is 14.6. The zero-order valence-corrected chi connectivity index (χ0v) is 14.6. The van der Waals surface area contributed by atoms with Crippen LogP contribution < -0.4 is 5.73 Å². The lowest BCUT2D eigenvalue weighted by atomic mass is 9.98. The molecule has 0 aliphatic carbocycles. The van der Waals surface area contributed by atoms with E-state index in [1.54, 1.807) is 0 Å². The van der Waals surface area contributed by atoms with Crippen LogP contribution in [0.2, 0.25) is 0 Å². The molecule has 0 bridgehead atoms. The molecule has 0 unspecified atom stereocenters. The lowest BCUT2D eigenvalue weighted by Crippen LogP contribution is -2.31. The summed E-state index contributed by atoms with van der Waals surface area (Å²) in [6, 6.07) is 0. The quantitative estimate of drug-likeness (QED) is 0.520. The van der Waals surface area contributed by atoms with E-state index < -0.39 is 0 Å². The van der Waals surface area contributed by atoms with Gasteiger partial charge < -0.3 is 5.73 Å². The Balaban J connectivity index is 3.91. The van der Waals surface area contributed by atoms with E-state index in [-0.39, 0.29) is 5.54 Å². The molecule has 0 spiro atoms. The molecule has 0 heterocycles. The normalized spacial score (nSPS) is 13.6. The van der Waals surface area contributed by atoms with Crippen molar-refractivity contribution in [3.8, 4) is 0 Å². The van der Waals surface area contributed by atoms with E-state index >= 15 is 0 Å². The van der Waals surface area contributed by atoms with Crippen LogP contribution in [-0.2, 0) is 0 Å². The lowest BCUT2D eigenvalue weighted by Gasteiger charge is -2.16. The Morgan fingerprint density at radius 2 is 1.25 bits per heavy atom. The first-order valence-corrected chi connectivity index (χ1v) is 7.94. The molecule has 0 fully saturated rings. The summed E-state index contributed by atoms with van der Waals surface area (Å²) in [7, 11) is 0. The van der Waals surface area contributed by atoms with Gasteiger partial charge in [0.2, 0.25) is 0 Å². The molecule has 1 nitrogen and oxygen atoms in total. The van der Waals surface area contributed by atoms with Gasteiger partial charge in [-0.1, -0.05) is 34.9 Å². The first-order chi connectivity index (χ1) is 9.20. The molecule has 0 atom stereocenters. The van der Waals surface area contributed by atoms with Gasteiger partial charge >= 0.3 is 0 Å². The molecule has 0 aliphatic heterocycles. The molecule has 0 aromatic carbocycles. The Labute approximate surface area is 127 Å². The molecule has 0 radical (unpaired) electrons. The van der Waals surface area contributed by atoms with Gasteiger partial charge in [0.25, 0.3) is 0 Å². The van der Waals surface area contributed by atoms with E-state index in [0.717, 1.165) is 19.3 Å². The summed E-state index contributed by atoms with van der Waals surface area (Å²) in [6.45, 7) is 13.0. The van der Waals surface area contributed by atoms with Gasteiger partial charge in [-0.2, -0.15) is 0 Å². The number of hydrogen-bond acceptors (Lipinski definition) is 1. The monoisotopic (exact) mass is 277 g/mol. The maximum atomic E-state index is 5.99. The van der Waals surface area contributed by atoms with Crippen molar-refractivity contribution in [1.29, 1.82) is 0 Å². The maximum absolute atomic E-state index is 5.99. The highest BCUT2D eigenvalue weighted by Gasteiger charge is 2.08. The van der Waals surface area contributed by atoms with Crippen LogP contribution in [-0.4, -0.2) is 5.54 Å². The van der Waals surface area contributed by atoms with Gasteiger partial charge in [-0.15, -0.1) is 0 Å². The van der Waals surface area contributed by atoms with Gasteiger partial charge in [0.05, 0.1) is 0 Å². The van der Waals surface area contributed by atoms with Crippen molar-refractivity contribution in [2.45, 2.75) is 85.6 Å². The number of nitrogens with two attached hydrogens (primary N) is 1. The fourth-order valence-corrected chi connectivity index (χ4v) is 2.03. The van der Waals surface area contributed by atoms with Crippen molar-refractivity contribution in [2.24, 2.45) is 5.73 Å². The van der Waals surface area contributed by atoms with Crippen molar-refractivity contribution >= 4 is 0 Å². The number of allylic oxidation sites excluding steroid dienone is 6. The highest BCUT2D eigenvalue weighted by atomic mass is 14.7. The molecule has 0 aromatic rings. The minimum atomic E-state index is -0.0435. The summed E-state index contributed by atoms with van der Waals surface area (Å²) in [4.78, 5) is 0. The molecule has 0 saturated carbocycles. The third-order valence-electron chi connectivity index (χ3n) is 3.40. The van der Waals surface area contributed by atoms with Crippen LogP contribution >= 0.6 is 0 Å². The molecular formula is C19H35N. The van der Waals surface area contributed by atoms with E-state index in [2.05, 4.69) is 59.8 Å². The van der Waals surface area contributed by atoms with Crippen LogP contribution in [0, 0.1) is 0 Å². The second kappa shape index (κ2) is 9.99. The first-order valence-electron chi connectivity index (χ1n) is 7.94. The largest absolute Gasteiger partial charge is 0.326 e. The van der Waals surface area contributed by atoms with Crippen LogP contribution in [0.5, 0.6) is 0 Å². The van der Waals surface area contributed by atoms with E-state index in [0.29, 0.717) is 0 Å². The fraction of sp³-hybridized carbons (Fsp3) is 0.684. The van der Waals surface area contributed by atoms with Crippen LogP contribution in [0.1, 0.15) is 80.1 Å². The minimum absolute atomic E-state index is 0.0435. The highest BCUT2D eigenvalue weighted by molar-refractivity contribution is 5.05. The van der Waals surface area contributed by atoms with Gasteiger partial charge in [0.1, 0.15) is 0 Å². The Morgan fingerprint density at radius 3 is 1.70 bits per heavy atom. The van der Waals surface area contributed by atoms with Gasteiger partial charge in [-0.25, -0.2) is 0 Å². The predicted octanol–water partition coefficient (Wildman–Crippen LogP) is 5.92. The molecular weight excluding hydrogens is 242 g/mol.